The van der Waals surface area contributed by atoms with Crippen LogP contribution in [-0.2, 0) is 0 Å². The van der Waals surface area contributed by atoms with Crippen LogP contribution in [0.5, 0.6) is 0 Å². The lowest BCUT2D eigenvalue weighted by molar-refractivity contribution is -0.390. The van der Waals surface area contributed by atoms with E-state index >= 15 is 0 Å². The largest absolute Gasteiger partial charge is 0.394 e. The molecule has 66 valence electrons. The molecule has 0 saturated heterocycles. The first-order valence-corrected chi connectivity index (χ1v) is 3.56. The number of aromatic nitrogens is 2. The van der Waals surface area contributed by atoms with E-state index in [1.807, 2.05) is 0 Å². The van der Waals surface area contributed by atoms with Gasteiger partial charge in [0.1, 0.15) is 11.9 Å². The summed E-state index contributed by atoms with van der Waals surface area (Å²) >= 11 is 0. The van der Waals surface area contributed by atoms with Crippen molar-refractivity contribution in [3.8, 4) is 0 Å². The van der Waals surface area contributed by atoms with Crippen molar-refractivity contribution in [2.75, 3.05) is 5.73 Å². The third kappa shape index (κ3) is 0.994. The lowest BCUT2D eigenvalue weighted by Gasteiger charge is -1.93. The highest BCUT2D eigenvalue weighted by Crippen LogP contribution is 2.17. The van der Waals surface area contributed by atoms with Gasteiger partial charge in [0.05, 0.1) is 6.20 Å². The summed E-state index contributed by atoms with van der Waals surface area (Å²) in [6, 6.07) is 3.28. The highest BCUT2D eigenvalue weighted by Gasteiger charge is 2.14. The van der Waals surface area contributed by atoms with Gasteiger partial charge in [-0.2, -0.15) is 4.40 Å². The van der Waals surface area contributed by atoms with Crippen LogP contribution in [0.25, 0.3) is 5.65 Å². The summed E-state index contributed by atoms with van der Waals surface area (Å²) in [4.78, 5) is 13.8. The average Bonchev–Trinajstić information content (AvgIpc) is 2.48. The van der Waals surface area contributed by atoms with Crippen molar-refractivity contribution in [1.82, 2.24) is 9.38 Å². The number of imidazole rings is 1. The number of hydrogen-bond acceptors (Lipinski definition) is 4. The minimum Gasteiger partial charge on any atom is -0.394 e. The Labute approximate surface area is 72.8 Å². The van der Waals surface area contributed by atoms with Gasteiger partial charge in [-0.1, -0.05) is 0 Å². The first-order chi connectivity index (χ1) is 6.20. The van der Waals surface area contributed by atoms with Gasteiger partial charge in [-0.05, 0) is 17.1 Å². The third-order valence-corrected chi connectivity index (χ3v) is 1.73. The van der Waals surface area contributed by atoms with Crippen molar-refractivity contribution in [2.24, 2.45) is 0 Å². The van der Waals surface area contributed by atoms with Crippen LogP contribution >= 0.6 is 0 Å². The second kappa shape index (κ2) is 2.44. The molecule has 6 nitrogen and oxygen atoms in total. The second-order valence-corrected chi connectivity index (χ2v) is 2.53. The molecule has 0 fully saturated rings. The molecular weight excluding hydrogens is 172 g/mol. The molecular formula is C7H6N4O2. The number of nitrogen functional groups attached to an aromatic ring is 1. The predicted octanol–water partition coefficient (Wildman–Crippen LogP) is 0.825. The van der Waals surface area contributed by atoms with Crippen molar-refractivity contribution in [3.63, 3.8) is 0 Å². The highest BCUT2D eigenvalue weighted by atomic mass is 16.6. The van der Waals surface area contributed by atoms with Gasteiger partial charge in [0.2, 0.25) is 5.65 Å². The number of pyridine rings is 1. The van der Waals surface area contributed by atoms with Gasteiger partial charge >= 0.3 is 5.82 Å². The average molecular weight is 178 g/mol. The van der Waals surface area contributed by atoms with Crippen LogP contribution in [0.1, 0.15) is 0 Å². The maximum Gasteiger partial charge on any atom is 0.347 e. The summed E-state index contributed by atoms with van der Waals surface area (Å²) in [5.74, 6) is -0.0812. The van der Waals surface area contributed by atoms with Crippen LogP contribution in [0, 0.1) is 10.1 Å². The number of nitro groups is 1. The molecule has 0 radical (unpaired) electrons. The van der Waals surface area contributed by atoms with E-state index in [9.17, 15) is 10.1 Å². The Balaban J connectivity index is 2.83. The standard InChI is InChI=1S/C7H6N4O2/c8-5-2-1-3-10-6(11(12)13)4-9-7(5)10/h1-4H,8H2. The van der Waals surface area contributed by atoms with Gasteiger partial charge in [0.25, 0.3) is 0 Å². The summed E-state index contributed by atoms with van der Waals surface area (Å²) in [6.07, 6.45) is 2.74. The number of anilines is 1. The van der Waals surface area contributed by atoms with Crippen LogP contribution < -0.4 is 5.73 Å². The molecule has 0 aliphatic carbocycles. The van der Waals surface area contributed by atoms with Crippen molar-refractivity contribution in [2.45, 2.75) is 0 Å². The van der Waals surface area contributed by atoms with Crippen LogP contribution in [0.2, 0.25) is 0 Å². The number of rotatable bonds is 1. The fourth-order valence-electron chi connectivity index (χ4n) is 1.15. The molecule has 13 heavy (non-hydrogen) atoms. The summed E-state index contributed by atoms with van der Waals surface area (Å²) in [5.41, 5.74) is 6.40. The number of fused-ring (bicyclic) bond motifs is 1. The molecule has 6 heteroatoms. The van der Waals surface area contributed by atoms with Crippen LogP contribution in [0.4, 0.5) is 11.5 Å². The van der Waals surface area contributed by atoms with E-state index in [1.54, 1.807) is 18.3 Å². The molecule has 0 saturated carbocycles. The Morgan fingerprint density at radius 1 is 1.62 bits per heavy atom. The fraction of sp³-hybridized carbons (Fsp3) is 0. The predicted molar refractivity (Wildman–Crippen MR) is 46.3 cm³/mol. The number of hydrogen-bond donors (Lipinski definition) is 1. The van der Waals surface area contributed by atoms with E-state index in [0.29, 0.717) is 11.3 Å². The molecule has 0 spiro atoms. The Morgan fingerprint density at radius 3 is 3.08 bits per heavy atom. The lowest BCUT2D eigenvalue weighted by atomic mass is 10.4. The molecule has 0 aliphatic rings. The Bertz CT molecular complexity index is 476. The zero-order valence-electron chi connectivity index (χ0n) is 6.54. The molecule has 2 rings (SSSR count). The van der Waals surface area contributed by atoms with Crippen molar-refractivity contribution in [1.29, 1.82) is 0 Å². The Kier molecular flexibility index (Phi) is 1.42. The maximum atomic E-state index is 10.5. The number of nitrogens with two attached hydrogens (primary N) is 1. The molecule has 2 heterocycles. The quantitative estimate of drug-likeness (QED) is 0.517. The highest BCUT2D eigenvalue weighted by molar-refractivity contribution is 5.66. The molecule has 2 N–H and O–H groups in total. The summed E-state index contributed by atoms with van der Waals surface area (Å²) in [6.45, 7) is 0. The lowest BCUT2D eigenvalue weighted by Crippen LogP contribution is -1.95. The summed E-state index contributed by atoms with van der Waals surface area (Å²) in [7, 11) is 0. The molecule has 0 atom stereocenters. The molecule has 0 unspecified atom stereocenters. The third-order valence-electron chi connectivity index (χ3n) is 1.73. The smallest absolute Gasteiger partial charge is 0.347 e. The van der Waals surface area contributed by atoms with Gasteiger partial charge in [0.15, 0.2) is 0 Å². The zero-order valence-corrected chi connectivity index (χ0v) is 6.54. The van der Waals surface area contributed by atoms with E-state index in [0.717, 1.165) is 0 Å². The van der Waals surface area contributed by atoms with Gasteiger partial charge in [0, 0.05) is 0 Å². The molecule has 0 aromatic carbocycles. The molecule has 0 aliphatic heterocycles. The molecule has 2 aromatic rings. The minimum absolute atomic E-state index is 0.0812. The van der Waals surface area contributed by atoms with Crippen molar-refractivity contribution in [3.05, 3.63) is 34.6 Å². The monoisotopic (exact) mass is 178 g/mol. The SMILES string of the molecule is Nc1cccn2c([N+](=O)[O-])cnc12. The Hall–Kier alpha value is -2.11. The van der Waals surface area contributed by atoms with Crippen molar-refractivity contribution < 1.29 is 4.92 Å². The van der Waals surface area contributed by atoms with Crippen molar-refractivity contribution >= 4 is 17.2 Å². The molecule has 2 aromatic heterocycles. The first kappa shape index (κ1) is 7.53. The van der Waals surface area contributed by atoms with Crippen LogP contribution in [-0.4, -0.2) is 14.3 Å². The maximum absolute atomic E-state index is 10.5. The fourth-order valence-corrected chi connectivity index (χ4v) is 1.15. The normalized spacial score (nSPS) is 10.5. The van der Waals surface area contributed by atoms with Gasteiger partial charge in [-0.15, -0.1) is 0 Å². The van der Waals surface area contributed by atoms with E-state index in [2.05, 4.69) is 4.98 Å². The van der Waals surface area contributed by atoms with Crippen LogP contribution in [0.3, 0.4) is 0 Å². The summed E-state index contributed by atoms with van der Waals surface area (Å²) < 4.78 is 1.34. The number of nitrogens with zero attached hydrogens (tertiary/aromatic N) is 3. The van der Waals surface area contributed by atoms with E-state index in [-0.39, 0.29) is 5.82 Å². The van der Waals surface area contributed by atoms with Gasteiger partial charge < -0.3 is 15.8 Å². The molecule has 0 bridgehead atoms. The first-order valence-electron chi connectivity index (χ1n) is 3.56. The topological polar surface area (TPSA) is 86.5 Å². The van der Waals surface area contributed by atoms with Gasteiger partial charge in [-0.25, -0.2) is 4.98 Å². The second-order valence-electron chi connectivity index (χ2n) is 2.53. The Morgan fingerprint density at radius 2 is 2.38 bits per heavy atom. The van der Waals surface area contributed by atoms with E-state index < -0.39 is 4.92 Å². The minimum atomic E-state index is -0.501. The summed E-state index contributed by atoms with van der Waals surface area (Å²) in [5, 5.41) is 10.5. The van der Waals surface area contributed by atoms with E-state index in [1.165, 1.54) is 10.6 Å². The van der Waals surface area contributed by atoms with Crippen LogP contribution in [0.15, 0.2) is 24.5 Å². The molecule has 0 amide bonds. The van der Waals surface area contributed by atoms with E-state index in [4.69, 9.17) is 5.73 Å². The zero-order chi connectivity index (χ0) is 9.42. The van der Waals surface area contributed by atoms with Gasteiger partial charge in [-0.3, -0.25) is 0 Å².